The second-order valence-corrected chi connectivity index (χ2v) is 4.80. The Kier molecular flexibility index (Phi) is 4.16. The zero-order valence-corrected chi connectivity index (χ0v) is 12.0. The number of aliphatic hydroxyl groups is 1. The van der Waals surface area contributed by atoms with E-state index in [1.54, 1.807) is 24.3 Å². The Labute approximate surface area is 126 Å². The highest BCUT2D eigenvalue weighted by molar-refractivity contribution is 6.08. The number of methoxy groups -OCH3 is 1. The summed E-state index contributed by atoms with van der Waals surface area (Å²) in [7, 11) is 1.46. The van der Waals surface area contributed by atoms with E-state index in [1.807, 2.05) is 0 Å². The summed E-state index contributed by atoms with van der Waals surface area (Å²) in [6.45, 7) is 0.468. The smallest absolute Gasteiger partial charge is 0.290 e. The minimum Gasteiger partial charge on any atom is -0.548 e. The number of amides is 1. The number of hydrogen-bond acceptors (Lipinski definition) is 6. The van der Waals surface area contributed by atoms with Crippen LogP contribution in [0.25, 0.3) is 0 Å². The van der Waals surface area contributed by atoms with Crippen LogP contribution in [-0.4, -0.2) is 41.3 Å². The summed E-state index contributed by atoms with van der Waals surface area (Å²) >= 11 is 0. The molecule has 0 spiro atoms. The van der Waals surface area contributed by atoms with Gasteiger partial charge in [0.15, 0.2) is 11.5 Å². The van der Waals surface area contributed by atoms with Crippen molar-refractivity contribution in [2.45, 2.75) is 13.0 Å². The van der Waals surface area contributed by atoms with Gasteiger partial charge in [0, 0.05) is 0 Å². The molecule has 0 unspecified atom stereocenters. The molecule has 0 aromatic heterocycles. The lowest BCUT2D eigenvalue weighted by molar-refractivity contribution is -0.306. The summed E-state index contributed by atoms with van der Waals surface area (Å²) in [5.74, 6) is -3.17. The van der Waals surface area contributed by atoms with Gasteiger partial charge in [-0.1, -0.05) is 12.1 Å². The molecule has 0 saturated heterocycles. The monoisotopic (exact) mass is 304 g/mol. The molecule has 7 nitrogen and oxygen atoms in total. The zero-order valence-electron chi connectivity index (χ0n) is 12.0. The molecule has 0 radical (unpaired) electrons. The molecular weight excluding hydrogens is 290 g/mol. The van der Waals surface area contributed by atoms with Crippen molar-refractivity contribution in [2.75, 3.05) is 13.7 Å². The number of Topliss-reactive ketones (excluding diaryl/α,β-unsaturated/α-hetero) is 1. The summed E-state index contributed by atoms with van der Waals surface area (Å²) < 4.78 is 5.08. The highest BCUT2D eigenvalue weighted by Crippen LogP contribution is 2.38. The maximum absolute atomic E-state index is 12.0. The van der Waals surface area contributed by atoms with Gasteiger partial charge in [-0.15, -0.1) is 0 Å². The van der Waals surface area contributed by atoms with Crippen molar-refractivity contribution >= 4 is 17.7 Å². The minimum atomic E-state index is -1.49. The van der Waals surface area contributed by atoms with Gasteiger partial charge in [0.2, 0.25) is 0 Å². The van der Waals surface area contributed by atoms with Crippen molar-refractivity contribution < 1.29 is 29.3 Å². The second kappa shape index (κ2) is 5.88. The van der Waals surface area contributed by atoms with E-state index in [2.05, 4.69) is 0 Å². The quantitative estimate of drug-likeness (QED) is 0.802. The molecule has 1 atom stereocenters. The van der Waals surface area contributed by atoms with Gasteiger partial charge in [-0.25, -0.2) is 0 Å². The van der Waals surface area contributed by atoms with Gasteiger partial charge in [-0.05, 0) is 24.6 Å². The third-order valence-electron chi connectivity index (χ3n) is 3.39. The summed E-state index contributed by atoms with van der Waals surface area (Å²) in [5, 5.41) is 20.8. The normalized spacial score (nSPS) is 17.8. The molecule has 0 aliphatic carbocycles. The number of ketones is 1. The maximum atomic E-state index is 12.0. The van der Waals surface area contributed by atoms with E-state index >= 15 is 0 Å². The van der Waals surface area contributed by atoms with E-state index in [0.717, 1.165) is 4.90 Å². The first-order valence-electron chi connectivity index (χ1n) is 6.45. The lowest BCUT2D eigenvalue weighted by atomic mass is 9.96. The molecule has 1 aliphatic heterocycles. The summed E-state index contributed by atoms with van der Waals surface area (Å²) in [6, 6.07) is 5.51. The van der Waals surface area contributed by atoms with Crippen LogP contribution in [0.2, 0.25) is 0 Å². The van der Waals surface area contributed by atoms with Gasteiger partial charge in [0.05, 0.1) is 31.2 Å². The van der Waals surface area contributed by atoms with Crippen LogP contribution in [0.3, 0.4) is 0 Å². The first-order valence-corrected chi connectivity index (χ1v) is 6.45. The Morgan fingerprint density at radius 1 is 1.41 bits per heavy atom. The van der Waals surface area contributed by atoms with Crippen molar-refractivity contribution in [3.05, 3.63) is 41.2 Å². The molecule has 1 aliphatic rings. The molecule has 1 amide bonds. The lowest BCUT2D eigenvalue weighted by Gasteiger charge is -2.27. The Balaban J connectivity index is 2.56. The first-order chi connectivity index (χ1) is 10.4. The molecule has 116 valence electrons. The number of aliphatic carboxylic acids is 1. The number of carbonyl (C=O) groups is 3. The van der Waals surface area contributed by atoms with Crippen LogP contribution >= 0.6 is 0 Å². The van der Waals surface area contributed by atoms with Crippen LogP contribution in [-0.2, 0) is 14.4 Å². The molecule has 0 saturated carbocycles. The SMILES string of the molecule is COc1cccc([C@@H]2C(C(C)=O)=C(O)C(=O)N2CC(=O)[O-])c1. The van der Waals surface area contributed by atoms with Crippen LogP contribution in [0.15, 0.2) is 35.6 Å². The maximum Gasteiger partial charge on any atom is 0.290 e. The molecule has 7 heteroatoms. The third kappa shape index (κ3) is 2.65. The second-order valence-electron chi connectivity index (χ2n) is 4.80. The molecule has 2 rings (SSSR count). The van der Waals surface area contributed by atoms with Crippen LogP contribution in [0.5, 0.6) is 5.75 Å². The predicted octanol–water partition coefficient (Wildman–Crippen LogP) is -0.271. The van der Waals surface area contributed by atoms with Crippen molar-refractivity contribution in [3.63, 3.8) is 0 Å². The number of carboxylic acid groups (broad SMARTS) is 1. The standard InChI is InChI=1S/C15H15NO6/c1-8(17)12-13(9-4-3-5-10(6-9)22-2)16(7-11(18)19)15(21)14(12)20/h3-6,13,20H,7H2,1-2H3,(H,18,19)/p-1/t13-/m1/s1. The van der Waals surface area contributed by atoms with Gasteiger partial charge in [-0.2, -0.15) is 0 Å². The minimum absolute atomic E-state index is 0.139. The molecule has 0 bridgehead atoms. The summed E-state index contributed by atoms with van der Waals surface area (Å²) in [6.07, 6.45) is 0. The first kappa shape index (κ1) is 15.6. The van der Waals surface area contributed by atoms with E-state index in [4.69, 9.17) is 4.74 Å². The van der Waals surface area contributed by atoms with Gasteiger partial charge in [0.1, 0.15) is 5.75 Å². The Hall–Kier alpha value is -2.83. The number of aliphatic hydroxyl groups excluding tert-OH is 1. The van der Waals surface area contributed by atoms with E-state index in [0.29, 0.717) is 11.3 Å². The van der Waals surface area contributed by atoms with Crippen molar-refractivity contribution in [1.29, 1.82) is 0 Å². The fraction of sp³-hybridized carbons (Fsp3) is 0.267. The van der Waals surface area contributed by atoms with E-state index in [1.165, 1.54) is 14.0 Å². The average Bonchev–Trinajstić information content (AvgIpc) is 2.71. The van der Waals surface area contributed by atoms with Gasteiger partial charge < -0.3 is 24.6 Å². The van der Waals surface area contributed by atoms with E-state index < -0.39 is 36.0 Å². The predicted molar refractivity (Wildman–Crippen MR) is 72.8 cm³/mol. The van der Waals surface area contributed by atoms with Gasteiger partial charge in [-0.3, -0.25) is 9.59 Å². The molecule has 1 aromatic rings. The van der Waals surface area contributed by atoms with Crippen molar-refractivity contribution in [3.8, 4) is 5.75 Å². The van der Waals surface area contributed by atoms with E-state index in [-0.39, 0.29) is 5.57 Å². The van der Waals surface area contributed by atoms with Crippen LogP contribution in [0, 0.1) is 0 Å². The Morgan fingerprint density at radius 3 is 2.64 bits per heavy atom. The topological polar surface area (TPSA) is 107 Å². The highest BCUT2D eigenvalue weighted by Gasteiger charge is 2.42. The number of hydrogen-bond donors (Lipinski definition) is 1. The average molecular weight is 304 g/mol. The fourth-order valence-corrected chi connectivity index (χ4v) is 2.47. The molecule has 22 heavy (non-hydrogen) atoms. The van der Waals surface area contributed by atoms with E-state index in [9.17, 15) is 24.6 Å². The van der Waals surface area contributed by atoms with Crippen molar-refractivity contribution in [2.24, 2.45) is 0 Å². The number of rotatable bonds is 5. The number of ether oxygens (including phenoxy) is 1. The Morgan fingerprint density at radius 2 is 2.09 bits per heavy atom. The number of carboxylic acids is 1. The molecule has 1 heterocycles. The third-order valence-corrected chi connectivity index (χ3v) is 3.39. The number of nitrogens with zero attached hydrogens (tertiary/aromatic N) is 1. The fourth-order valence-electron chi connectivity index (χ4n) is 2.47. The van der Waals surface area contributed by atoms with Crippen LogP contribution in [0.1, 0.15) is 18.5 Å². The number of benzene rings is 1. The summed E-state index contributed by atoms with van der Waals surface area (Å²) in [5.41, 5.74) is 0.322. The number of carbonyl (C=O) groups excluding carboxylic acids is 3. The zero-order chi connectivity index (χ0) is 16.4. The van der Waals surface area contributed by atoms with Crippen LogP contribution in [0.4, 0.5) is 0 Å². The van der Waals surface area contributed by atoms with Gasteiger partial charge >= 0.3 is 0 Å². The Bertz CT molecular complexity index is 678. The molecule has 1 N–H and O–H groups in total. The lowest BCUT2D eigenvalue weighted by Crippen LogP contribution is -2.41. The van der Waals surface area contributed by atoms with Crippen molar-refractivity contribution in [1.82, 2.24) is 4.90 Å². The highest BCUT2D eigenvalue weighted by atomic mass is 16.5. The largest absolute Gasteiger partial charge is 0.548 e. The van der Waals surface area contributed by atoms with Crippen LogP contribution < -0.4 is 9.84 Å². The summed E-state index contributed by atoms with van der Waals surface area (Å²) in [4.78, 5) is 35.6. The molecular formula is C15H14NO6-. The molecule has 1 aromatic carbocycles. The van der Waals surface area contributed by atoms with Gasteiger partial charge in [0.25, 0.3) is 5.91 Å². The molecule has 0 fully saturated rings.